The summed E-state index contributed by atoms with van der Waals surface area (Å²) in [4.78, 5) is 26.1. The fourth-order valence-corrected chi connectivity index (χ4v) is 1.47. The van der Waals surface area contributed by atoms with Gasteiger partial charge in [-0.15, -0.1) is 10.2 Å². The van der Waals surface area contributed by atoms with Crippen LogP contribution in [0.2, 0.25) is 5.15 Å². The second-order valence-electron chi connectivity index (χ2n) is 3.78. The lowest BCUT2D eigenvalue weighted by molar-refractivity contribution is 0.0690. The number of carbonyl (C=O) groups excluding carboxylic acids is 1. The van der Waals surface area contributed by atoms with Crippen LogP contribution in [0.1, 0.15) is 26.5 Å². The Bertz CT molecular complexity index is 628. The molecule has 2 heterocycles. The van der Waals surface area contributed by atoms with Crippen LogP contribution in [0.5, 0.6) is 0 Å². The lowest BCUT2D eigenvalue weighted by atomic mass is 10.2. The zero-order valence-electron chi connectivity index (χ0n) is 10.1. The number of carboxylic acid groups (broad SMARTS) is 1. The molecule has 2 N–H and O–H groups in total. The summed E-state index contributed by atoms with van der Waals surface area (Å²) in [7, 11) is 0. The van der Waals surface area contributed by atoms with Gasteiger partial charge in [-0.25, -0.2) is 9.78 Å². The minimum atomic E-state index is -1.10. The maximum atomic E-state index is 11.7. The molecule has 2 rings (SSSR count). The maximum Gasteiger partial charge on any atom is 0.354 e. The van der Waals surface area contributed by atoms with Gasteiger partial charge in [0.2, 0.25) is 0 Å². The van der Waals surface area contributed by atoms with E-state index in [1.54, 1.807) is 6.07 Å². The number of rotatable bonds is 4. The second-order valence-corrected chi connectivity index (χ2v) is 4.17. The smallest absolute Gasteiger partial charge is 0.354 e. The van der Waals surface area contributed by atoms with Crippen LogP contribution in [0.3, 0.4) is 0 Å². The third kappa shape index (κ3) is 3.48. The van der Waals surface area contributed by atoms with Gasteiger partial charge in [0, 0.05) is 12.7 Å². The van der Waals surface area contributed by atoms with Gasteiger partial charge in [-0.2, -0.15) is 0 Å². The predicted octanol–water partition coefficient (Wildman–Crippen LogP) is 1.15. The summed E-state index contributed by atoms with van der Waals surface area (Å²) in [6.07, 6.45) is 1.39. The van der Waals surface area contributed by atoms with Crippen molar-refractivity contribution in [2.45, 2.75) is 6.54 Å². The first-order valence-corrected chi connectivity index (χ1v) is 5.89. The van der Waals surface area contributed by atoms with Gasteiger partial charge in [0.25, 0.3) is 5.91 Å². The summed E-state index contributed by atoms with van der Waals surface area (Å²) in [5, 5.41) is 18.7. The zero-order valence-corrected chi connectivity index (χ0v) is 10.8. The van der Waals surface area contributed by atoms with E-state index in [-0.39, 0.29) is 23.1 Å². The van der Waals surface area contributed by atoms with Crippen molar-refractivity contribution >= 4 is 23.5 Å². The summed E-state index contributed by atoms with van der Waals surface area (Å²) < 4.78 is 0. The normalized spacial score (nSPS) is 10.1. The van der Waals surface area contributed by atoms with Crippen molar-refractivity contribution in [3.05, 3.63) is 52.6 Å². The highest BCUT2D eigenvalue weighted by Gasteiger charge is 2.08. The number of aromatic nitrogens is 3. The first kappa shape index (κ1) is 13.9. The van der Waals surface area contributed by atoms with Gasteiger partial charge in [0.15, 0.2) is 10.8 Å². The van der Waals surface area contributed by atoms with E-state index in [1.165, 1.54) is 24.4 Å². The predicted molar refractivity (Wildman–Crippen MR) is 69.4 cm³/mol. The fraction of sp³-hybridized carbons (Fsp3) is 0.0833. The third-order valence-electron chi connectivity index (χ3n) is 2.36. The fourth-order valence-electron chi connectivity index (χ4n) is 1.37. The highest BCUT2D eigenvalue weighted by molar-refractivity contribution is 6.29. The van der Waals surface area contributed by atoms with Crippen molar-refractivity contribution in [1.29, 1.82) is 0 Å². The topological polar surface area (TPSA) is 105 Å². The average Bonchev–Trinajstić information content (AvgIpc) is 2.46. The molecule has 0 atom stereocenters. The molecule has 0 spiro atoms. The SMILES string of the molecule is O=C(O)c1ccc(CNC(=O)c2ccc(Cl)nn2)cn1. The highest BCUT2D eigenvalue weighted by atomic mass is 35.5. The van der Waals surface area contributed by atoms with Crippen molar-refractivity contribution in [2.75, 3.05) is 0 Å². The van der Waals surface area contributed by atoms with E-state index in [1.807, 2.05) is 0 Å². The molecule has 0 aliphatic carbocycles. The van der Waals surface area contributed by atoms with Crippen LogP contribution in [0.25, 0.3) is 0 Å². The Labute approximate surface area is 118 Å². The van der Waals surface area contributed by atoms with Crippen molar-refractivity contribution in [3.63, 3.8) is 0 Å². The van der Waals surface area contributed by atoms with E-state index in [2.05, 4.69) is 20.5 Å². The number of halogens is 1. The maximum absolute atomic E-state index is 11.7. The first-order valence-electron chi connectivity index (χ1n) is 5.52. The Balaban J connectivity index is 1.96. The molecule has 2 aromatic heterocycles. The van der Waals surface area contributed by atoms with Gasteiger partial charge in [-0.05, 0) is 23.8 Å². The average molecular weight is 293 g/mol. The number of carboxylic acids is 1. The number of nitrogens with one attached hydrogen (secondary N) is 1. The number of nitrogens with zero attached hydrogens (tertiary/aromatic N) is 3. The standard InChI is InChI=1S/C12H9ClN4O3/c13-10-4-3-8(16-17-10)11(18)15-6-7-1-2-9(12(19)20)14-5-7/h1-5H,6H2,(H,15,18)(H,19,20). The lowest BCUT2D eigenvalue weighted by Gasteiger charge is -2.04. The molecule has 2 aromatic rings. The molecule has 0 unspecified atom stereocenters. The van der Waals surface area contributed by atoms with Crippen molar-refractivity contribution in [2.24, 2.45) is 0 Å². The number of hydrogen-bond acceptors (Lipinski definition) is 5. The minimum Gasteiger partial charge on any atom is -0.477 e. The summed E-state index contributed by atoms with van der Waals surface area (Å²) in [6.45, 7) is 0.204. The van der Waals surface area contributed by atoms with Crippen LogP contribution in [0.4, 0.5) is 0 Å². The Morgan fingerprint density at radius 3 is 2.45 bits per heavy atom. The second kappa shape index (κ2) is 6.07. The third-order valence-corrected chi connectivity index (χ3v) is 2.56. The Morgan fingerprint density at radius 1 is 1.15 bits per heavy atom. The van der Waals surface area contributed by atoms with Gasteiger partial charge in [0.1, 0.15) is 5.69 Å². The van der Waals surface area contributed by atoms with E-state index in [0.29, 0.717) is 5.56 Å². The number of pyridine rings is 1. The number of amides is 1. The highest BCUT2D eigenvalue weighted by Crippen LogP contribution is 2.03. The molecule has 0 saturated heterocycles. The van der Waals surface area contributed by atoms with Gasteiger partial charge >= 0.3 is 5.97 Å². The molecule has 0 aromatic carbocycles. The molecule has 0 aliphatic heterocycles. The van der Waals surface area contributed by atoms with E-state index < -0.39 is 11.9 Å². The molecule has 0 radical (unpaired) electrons. The van der Waals surface area contributed by atoms with Crippen molar-refractivity contribution < 1.29 is 14.7 Å². The van der Waals surface area contributed by atoms with Gasteiger partial charge < -0.3 is 10.4 Å². The van der Waals surface area contributed by atoms with Gasteiger partial charge in [-0.1, -0.05) is 17.7 Å². The molecule has 0 fully saturated rings. The van der Waals surface area contributed by atoms with Crippen molar-refractivity contribution in [3.8, 4) is 0 Å². The van der Waals surface area contributed by atoms with Crippen LogP contribution < -0.4 is 5.32 Å². The largest absolute Gasteiger partial charge is 0.477 e. The zero-order chi connectivity index (χ0) is 14.5. The summed E-state index contributed by atoms with van der Waals surface area (Å²) >= 11 is 5.57. The van der Waals surface area contributed by atoms with Crippen LogP contribution in [-0.2, 0) is 6.54 Å². The minimum absolute atomic E-state index is 0.0522. The lowest BCUT2D eigenvalue weighted by Crippen LogP contribution is -2.24. The first-order chi connectivity index (χ1) is 9.56. The molecule has 7 nitrogen and oxygen atoms in total. The summed E-state index contributed by atoms with van der Waals surface area (Å²) in [6, 6.07) is 5.86. The molecule has 102 valence electrons. The number of aromatic carboxylic acids is 1. The molecular weight excluding hydrogens is 284 g/mol. The van der Waals surface area contributed by atoms with Crippen LogP contribution >= 0.6 is 11.6 Å². The Hall–Kier alpha value is -2.54. The molecule has 20 heavy (non-hydrogen) atoms. The Morgan fingerprint density at radius 2 is 1.90 bits per heavy atom. The van der Waals surface area contributed by atoms with Gasteiger partial charge in [-0.3, -0.25) is 4.79 Å². The van der Waals surface area contributed by atoms with Crippen LogP contribution in [0, 0.1) is 0 Å². The molecule has 8 heteroatoms. The monoisotopic (exact) mass is 292 g/mol. The molecule has 1 amide bonds. The quantitative estimate of drug-likeness (QED) is 0.876. The number of carbonyl (C=O) groups is 2. The number of hydrogen-bond donors (Lipinski definition) is 2. The van der Waals surface area contributed by atoms with E-state index >= 15 is 0 Å². The molecular formula is C12H9ClN4O3. The summed E-state index contributed by atoms with van der Waals surface area (Å²) in [5.74, 6) is -1.51. The van der Waals surface area contributed by atoms with E-state index in [9.17, 15) is 9.59 Å². The molecule has 0 bridgehead atoms. The summed E-state index contributed by atoms with van der Waals surface area (Å²) in [5.41, 5.74) is 0.762. The molecule has 0 aliphatic rings. The van der Waals surface area contributed by atoms with Gasteiger partial charge in [0.05, 0.1) is 0 Å². The van der Waals surface area contributed by atoms with Crippen LogP contribution in [0.15, 0.2) is 30.5 Å². The van der Waals surface area contributed by atoms with E-state index in [0.717, 1.165) is 0 Å². The van der Waals surface area contributed by atoms with Crippen LogP contribution in [-0.4, -0.2) is 32.2 Å². The van der Waals surface area contributed by atoms with Crippen molar-refractivity contribution in [1.82, 2.24) is 20.5 Å². The van der Waals surface area contributed by atoms with E-state index in [4.69, 9.17) is 16.7 Å². The molecule has 0 saturated carbocycles. The Kier molecular flexibility index (Phi) is 4.21.